The maximum atomic E-state index is 12.4. The van der Waals surface area contributed by atoms with E-state index in [1.54, 1.807) is 13.8 Å². The number of aryl methyl sites for hydroxylation is 2. The van der Waals surface area contributed by atoms with Crippen molar-refractivity contribution in [2.24, 2.45) is 0 Å². The van der Waals surface area contributed by atoms with Crippen molar-refractivity contribution in [3.63, 3.8) is 0 Å². The van der Waals surface area contributed by atoms with Gasteiger partial charge in [-0.05, 0) is 62.2 Å². The van der Waals surface area contributed by atoms with Gasteiger partial charge in [0, 0.05) is 11.8 Å². The van der Waals surface area contributed by atoms with Gasteiger partial charge >= 0.3 is 0 Å². The standard InChI is InChI=1S/C22H25N3O5S/c1-4-5-17-6-10-19(11-7-17)29-16(3)22(26)23-18-8-12-20(13-9-18)31(27,28)25-21-14-15(2)30-24-21/h6-14,16H,4-5H2,1-3H3,(H,23,26)(H,24,25). The molecule has 3 rings (SSSR count). The van der Waals surface area contributed by atoms with Crippen molar-refractivity contribution < 1.29 is 22.5 Å². The molecule has 2 N–H and O–H groups in total. The number of benzene rings is 2. The maximum Gasteiger partial charge on any atom is 0.265 e. The summed E-state index contributed by atoms with van der Waals surface area (Å²) < 4.78 is 37.7. The molecule has 31 heavy (non-hydrogen) atoms. The fraction of sp³-hybridized carbons (Fsp3) is 0.273. The van der Waals surface area contributed by atoms with E-state index in [1.165, 1.54) is 35.9 Å². The van der Waals surface area contributed by atoms with Crippen molar-refractivity contribution in [1.82, 2.24) is 5.16 Å². The molecule has 0 spiro atoms. The number of rotatable bonds is 9. The van der Waals surface area contributed by atoms with E-state index in [9.17, 15) is 13.2 Å². The van der Waals surface area contributed by atoms with Crippen LogP contribution in [0, 0.1) is 6.92 Å². The summed E-state index contributed by atoms with van der Waals surface area (Å²) in [7, 11) is -3.82. The summed E-state index contributed by atoms with van der Waals surface area (Å²) in [5.41, 5.74) is 1.67. The largest absolute Gasteiger partial charge is 0.481 e. The molecule has 2 aromatic carbocycles. The molecule has 0 bridgehead atoms. The van der Waals surface area contributed by atoms with Crippen LogP contribution in [0.25, 0.3) is 0 Å². The van der Waals surface area contributed by atoms with E-state index in [0.29, 0.717) is 17.2 Å². The molecular weight excluding hydrogens is 418 g/mol. The van der Waals surface area contributed by atoms with Gasteiger partial charge in [0.1, 0.15) is 11.5 Å². The number of aromatic nitrogens is 1. The Kier molecular flexibility index (Phi) is 6.96. The minimum atomic E-state index is -3.82. The number of nitrogens with zero attached hydrogens (tertiary/aromatic N) is 1. The molecule has 8 nitrogen and oxygen atoms in total. The van der Waals surface area contributed by atoms with Crippen LogP contribution in [0.2, 0.25) is 0 Å². The van der Waals surface area contributed by atoms with E-state index in [2.05, 4.69) is 22.1 Å². The first kappa shape index (κ1) is 22.4. The van der Waals surface area contributed by atoms with Crippen molar-refractivity contribution >= 4 is 27.4 Å². The lowest BCUT2D eigenvalue weighted by molar-refractivity contribution is -0.122. The molecule has 9 heteroatoms. The van der Waals surface area contributed by atoms with Crippen LogP contribution in [0.1, 0.15) is 31.6 Å². The summed E-state index contributed by atoms with van der Waals surface area (Å²) in [6, 6.07) is 14.9. The van der Waals surface area contributed by atoms with Crippen LogP contribution in [0.4, 0.5) is 11.5 Å². The average molecular weight is 444 g/mol. The molecule has 1 aromatic heterocycles. The van der Waals surface area contributed by atoms with Gasteiger partial charge in [-0.15, -0.1) is 0 Å². The number of nitrogens with one attached hydrogen (secondary N) is 2. The second-order valence-corrected chi connectivity index (χ2v) is 8.78. The fourth-order valence-electron chi connectivity index (χ4n) is 2.85. The smallest absolute Gasteiger partial charge is 0.265 e. The Hall–Kier alpha value is -3.33. The van der Waals surface area contributed by atoms with Crippen LogP contribution in [0.15, 0.2) is 64.0 Å². The lowest BCUT2D eigenvalue weighted by atomic mass is 10.1. The van der Waals surface area contributed by atoms with E-state index in [-0.39, 0.29) is 16.6 Å². The van der Waals surface area contributed by atoms with Crippen LogP contribution in [0.3, 0.4) is 0 Å². The first-order chi connectivity index (χ1) is 14.8. The summed E-state index contributed by atoms with van der Waals surface area (Å²) in [4.78, 5) is 12.5. The normalized spacial score (nSPS) is 12.2. The minimum Gasteiger partial charge on any atom is -0.481 e. The molecule has 0 aliphatic carbocycles. The number of carbonyl (C=O) groups is 1. The Morgan fingerprint density at radius 3 is 2.39 bits per heavy atom. The molecule has 0 aliphatic rings. The first-order valence-electron chi connectivity index (χ1n) is 9.89. The van der Waals surface area contributed by atoms with Crippen molar-refractivity contribution in [1.29, 1.82) is 0 Å². The van der Waals surface area contributed by atoms with Crippen LogP contribution >= 0.6 is 0 Å². The highest BCUT2D eigenvalue weighted by atomic mass is 32.2. The Balaban J connectivity index is 1.58. The topological polar surface area (TPSA) is 111 Å². The van der Waals surface area contributed by atoms with Gasteiger partial charge < -0.3 is 14.6 Å². The van der Waals surface area contributed by atoms with Crippen LogP contribution in [0.5, 0.6) is 5.75 Å². The molecule has 3 aromatic rings. The maximum absolute atomic E-state index is 12.4. The third-order valence-electron chi connectivity index (χ3n) is 4.44. The number of hydrogen-bond acceptors (Lipinski definition) is 6. The first-order valence-corrected chi connectivity index (χ1v) is 11.4. The van der Waals surface area contributed by atoms with E-state index < -0.39 is 16.1 Å². The number of ether oxygens (including phenoxy) is 1. The van der Waals surface area contributed by atoms with Crippen molar-refractivity contribution in [2.75, 3.05) is 10.0 Å². The molecule has 1 unspecified atom stereocenters. The Morgan fingerprint density at radius 2 is 1.81 bits per heavy atom. The van der Waals surface area contributed by atoms with Crippen LogP contribution in [-0.2, 0) is 21.2 Å². The van der Waals surface area contributed by atoms with E-state index in [0.717, 1.165) is 12.8 Å². The van der Waals surface area contributed by atoms with Gasteiger partial charge in [-0.3, -0.25) is 9.52 Å². The highest BCUT2D eigenvalue weighted by molar-refractivity contribution is 7.92. The third kappa shape index (κ3) is 6.08. The summed E-state index contributed by atoms with van der Waals surface area (Å²) in [6.45, 7) is 5.43. The lowest BCUT2D eigenvalue weighted by Crippen LogP contribution is -2.30. The van der Waals surface area contributed by atoms with Crippen molar-refractivity contribution in [2.45, 2.75) is 44.6 Å². The molecule has 0 radical (unpaired) electrons. The second kappa shape index (κ2) is 9.65. The Bertz CT molecular complexity index is 1120. The molecule has 1 atom stereocenters. The number of hydrogen-bond donors (Lipinski definition) is 2. The van der Waals surface area contributed by atoms with Gasteiger partial charge in [0.25, 0.3) is 15.9 Å². The Morgan fingerprint density at radius 1 is 1.13 bits per heavy atom. The second-order valence-electron chi connectivity index (χ2n) is 7.10. The van der Waals surface area contributed by atoms with Crippen molar-refractivity contribution in [3.05, 3.63) is 65.9 Å². The van der Waals surface area contributed by atoms with Gasteiger partial charge in [-0.1, -0.05) is 30.6 Å². The molecule has 1 heterocycles. The van der Waals surface area contributed by atoms with Crippen LogP contribution < -0.4 is 14.8 Å². The summed E-state index contributed by atoms with van der Waals surface area (Å²) in [5.74, 6) is 0.857. The predicted octanol–water partition coefficient (Wildman–Crippen LogP) is 4.14. The molecule has 0 saturated carbocycles. The monoisotopic (exact) mass is 443 g/mol. The minimum absolute atomic E-state index is 0.0302. The van der Waals surface area contributed by atoms with E-state index >= 15 is 0 Å². The SMILES string of the molecule is CCCc1ccc(OC(C)C(=O)Nc2ccc(S(=O)(=O)Nc3cc(C)on3)cc2)cc1. The molecule has 0 saturated heterocycles. The van der Waals surface area contributed by atoms with Gasteiger partial charge in [0.05, 0.1) is 4.90 Å². The van der Waals surface area contributed by atoms with E-state index in [1.807, 2.05) is 24.3 Å². The number of anilines is 2. The zero-order chi connectivity index (χ0) is 22.4. The lowest BCUT2D eigenvalue weighted by Gasteiger charge is -2.15. The number of amides is 1. The summed E-state index contributed by atoms with van der Waals surface area (Å²) >= 11 is 0. The van der Waals surface area contributed by atoms with Gasteiger partial charge in [-0.2, -0.15) is 0 Å². The van der Waals surface area contributed by atoms with Gasteiger partial charge in [-0.25, -0.2) is 8.42 Å². The number of sulfonamides is 1. The molecule has 164 valence electrons. The molecule has 1 amide bonds. The molecule has 0 fully saturated rings. The van der Waals surface area contributed by atoms with E-state index in [4.69, 9.17) is 9.26 Å². The zero-order valence-electron chi connectivity index (χ0n) is 17.6. The summed E-state index contributed by atoms with van der Waals surface area (Å²) in [6.07, 6.45) is 1.34. The molecular formula is C22H25N3O5S. The predicted molar refractivity (Wildman–Crippen MR) is 118 cm³/mol. The summed E-state index contributed by atoms with van der Waals surface area (Å²) in [5, 5.41) is 6.33. The number of carbonyl (C=O) groups excluding carboxylic acids is 1. The Labute approximate surface area is 181 Å². The average Bonchev–Trinajstić information content (AvgIpc) is 3.14. The quantitative estimate of drug-likeness (QED) is 0.514. The highest BCUT2D eigenvalue weighted by Crippen LogP contribution is 2.19. The highest BCUT2D eigenvalue weighted by Gasteiger charge is 2.18. The third-order valence-corrected chi connectivity index (χ3v) is 5.81. The van der Waals surface area contributed by atoms with Gasteiger partial charge in [0.2, 0.25) is 0 Å². The molecule has 0 aliphatic heterocycles. The van der Waals surface area contributed by atoms with Crippen molar-refractivity contribution in [3.8, 4) is 5.75 Å². The fourth-order valence-corrected chi connectivity index (χ4v) is 3.84. The van der Waals surface area contributed by atoms with Gasteiger partial charge in [0.15, 0.2) is 11.9 Å². The van der Waals surface area contributed by atoms with Crippen LogP contribution in [-0.4, -0.2) is 25.6 Å². The zero-order valence-corrected chi connectivity index (χ0v) is 18.4.